The molecule has 0 radical (unpaired) electrons. The van der Waals surface area contributed by atoms with Gasteiger partial charge in [0.1, 0.15) is 12.7 Å². The number of allylic oxidation sites excluding steroid dienone is 4. The minimum atomic E-state index is -4.39. The van der Waals surface area contributed by atoms with Gasteiger partial charge in [0.25, 0.3) is 0 Å². The second kappa shape index (κ2) is 29.6. The van der Waals surface area contributed by atoms with Gasteiger partial charge >= 0.3 is 13.8 Å². The second-order valence-electron chi connectivity index (χ2n) is 10.8. The molecule has 246 valence electrons. The minimum absolute atomic E-state index is 0.0792. The minimum Gasteiger partial charge on any atom is -0.463 e. The average molecular weight is 618 g/mol. The number of amides is 1. The number of hydrogen-bond donors (Lipinski definition) is 3. The van der Waals surface area contributed by atoms with E-state index >= 15 is 0 Å². The Bertz CT molecular complexity index is 759. The zero-order valence-corrected chi connectivity index (χ0v) is 27.3. The third-order valence-corrected chi connectivity index (χ3v) is 7.62. The first-order valence-electron chi connectivity index (χ1n) is 16.3. The van der Waals surface area contributed by atoms with Crippen molar-refractivity contribution < 1.29 is 37.9 Å². The highest BCUT2D eigenvalue weighted by Crippen LogP contribution is 2.42. The third kappa shape index (κ3) is 30.0. The van der Waals surface area contributed by atoms with Gasteiger partial charge in [-0.25, -0.2) is 4.57 Å². The van der Waals surface area contributed by atoms with Gasteiger partial charge in [0, 0.05) is 19.4 Å². The van der Waals surface area contributed by atoms with Crippen molar-refractivity contribution in [3.05, 3.63) is 24.3 Å². The molecule has 0 saturated heterocycles. The maximum atomic E-state index is 11.9. The third-order valence-electron chi connectivity index (χ3n) is 6.63. The van der Waals surface area contributed by atoms with Gasteiger partial charge in [-0.1, -0.05) is 102 Å². The summed E-state index contributed by atoms with van der Waals surface area (Å²) < 4.78 is 26.5. The first-order valence-corrected chi connectivity index (χ1v) is 17.8. The molecule has 0 aliphatic heterocycles. The number of carbonyl (C=O) groups is 2. The van der Waals surface area contributed by atoms with Crippen LogP contribution in [0.5, 0.6) is 0 Å². The van der Waals surface area contributed by atoms with Crippen LogP contribution in [-0.4, -0.2) is 54.3 Å². The number of phosphoric acid groups is 1. The van der Waals surface area contributed by atoms with E-state index in [0.29, 0.717) is 6.42 Å². The Morgan fingerprint density at radius 3 is 1.95 bits per heavy atom. The molecule has 0 heterocycles. The van der Waals surface area contributed by atoms with Crippen molar-refractivity contribution in [3.63, 3.8) is 0 Å². The van der Waals surface area contributed by atoms with E-state index in [1.165, 1.54) is 44.9 Å². The number of ether oxygens (including phenoxy) is 1. The van der Waals surface area contributed by atoms with E-state index in [9.17, 15) is 24.2 Å². The summed E-state index contributed by atoms with van der Waals surface area (Å²) in [5.74, 6) is -0.544. The van der Waals surface area contributed by atoms with E-state index in [2.05, 4.69) is 43.5 Å². The van der Waals surface area contributed by atoms with Crippen LogP contribution in [0, 0.1) is 0 Å². The summed E-state index contributed by atoms with van der Waals surface area (Å²) in [5.41, 5.74) is 0. The molecule has 0 fully saturated rings. The Hall–Kier alpha value is -1.51. The van der Waals surface area contributed by atoms with Crippen molar-refractivity contribution in [2.24, 2.45) is 0 Å². The molecule has 0 saturated carbocycles. The summed E-state index contributed by atoms with van der Waals surface area (Å²) in [5, 5.41) is 12.5. The van der Waals surface area contributed by atoms with Crippen LogP contribution in [0.3, 0.4) is 0 Å². The van der Waals surface area contributed by atoms with Gasteiger partial charge in [0.05, 0.1) is 13.2 Å². The molecule has 0 aromatic rings. The molecular formula is C32H60NO8P. The van der Waals surface area contributed by atoms with Crippen LogP contribution in [0.1, 0.15) is 136 Å². The summed E-state index contributed by atoms with van der Waals surface area (Å²) in [7, 11) is -4.39. The zero-order chi connectivity index (χ0) is 31.2. The molecule has 2 atom stereocenters. The highest BCUT2D eigenvalue weighted by molar-refractivity contribution is 7.47. The normalized spacial score (nSPS) is 13.9. The maximum absolute atomic E-state index is 11.9. The quantitative estimate of drug-likeness (QED) is 0.0323. The van der Waals surface area contributed by atoms with Crippen molar-refractivity contribution in [2.75, 3.05) is 26.4 Å². The van der Waals surface area contributed by atoms with E-state index in [1.807, 2.05) is 0 Å². The van der Waals surface area contributed by atoms with Crippen LogP contribution in [0.25, 0.3) is 0 Å². The first kappa shape index (κ1) is 40.5. The van der Waals surface area contributed by atoms with Crippen molar-refractivity contribution in [1.82, 2.24) is 5.32 Å². The standard InChI is InChI=1S/C32H60NO8P/c1-3-5-7-9-10-11-12-13-14-15-16-17-18-19-20-21-23-25-32(36)39-28-30(34)29-41-42(37,38)40-27-26-33-31(35)24-22-8-6-4-2/h10-11,13-14,30,34H,3-9,12,15-29H2,1-2H3,(H,33,35)(H,37,38)/b11-10-,14-13-. The van der Waals surface area contributed by atoms with Crippen molar-refractivity contribution in [3.8, 4) is 0 Å². The molecule has 2 unspecified atom stereocenters. The number of carbonyl (C=O) groups excluding carboxylic acids is 2. The highest BCUT2D eigenvalue weighted by atomic mass is 31.2. The molecule has 0 aromatic carbocycles. The lowest BCUT2D eigenvalue weighted by molar-refractivity contribution is -0.147. The molecule has 0 aliphatic carbocycles. The number of nitrogens with one attached hydrogen (secondary N) is 1. The topological polar surface area (TPSA) is 131 Å². The lowest BCUT2D eigenvalue weighted by atomic mass is 10.1. The summed E-state index contributed by atoms with van der Waals surface area (Å²) in [6.45, 7) is 3.36. The van der Waals surface area contributed by atoms with Gasteiger partial charge in [0.15, 0.2) is 0 Å². The van der Waals surface area contributed by atoms with Gasteiger partial charge in [-0.05, 0) is 44.9 Å². The van der Waals surface area contributed by atoms with Gasteiger partial charge in [-0.15, -0.1) is 0 Å². The van der Waals surface area contributed by atoms with Crippen molar-refractivity contribution in [2.45, 2.75) is 142 Å². The largest absolute Gasteiger partial charge is 0.472 e. The summed E-state index contributed by atoms with van der Waals surface area (Å²) in [4.78, 5) is 33.3. The molecule has 0 spiro atoms. The Labute approximate surface area is 255 Å². The van der Waals surface area contributed by atoms with Gasteiger partial charge in [0.2, 0.25) is 5.91 Å². The Morgan fingerprint density at radius 2 is 1.29 bits per heavy atom. The number of esters is 1. The smallest absolute Gasteiger partial charge is 0.463 e. The SMILES string of the molecule is CCCCC/C=C\C/C=C\CCCCCCCCCC(=O)OCC(O)COP(=O)(O)OCCNC(=O)CCCCCC. The summed E-state index contributed by atoms with van der Waals surface area (Å²) in [6, 6.07) is 0. The van der Waals surface area contributed by atoms with Crippen LogP contribution in [0.2, 0.25) is 0 Å². The predicted molar refractivity (Wildman–Crippen MR) is 169 cm³/mol. The number of unbranched alkanes of at least 4 members (excludes halogenated alkanes) is 13. The molecule has 9 nitrogen and oxygen atoms in total. The second-order valence-corrected chi connectivity index (χ2v) is 12.2. The molecule has 1 amide bonds. The Balaban J connectivity index is 3.63. The number of aliphatic hydroxyl groups excluding tert-OH is 1. The summed E-state index contributed by atoms with van der Waals surface area (Å²) >= 11 is 0. The van der Waals surface area contributed by atoms with Crippen LogP contribution in [-0.2, 0) is 27.9 Å². The molecule has 0 aromatic heterocycles. The lowest BCUT2D eigenvalue weighted by Crippen LogP contribution is -2.27. The lowest BCUT2D eigenvalue weighted by Gasteiger charge is -2.15. The van der Waals surface area contributed by atoms with Gasteiger partial charge in [-0.2, -0.15) is 0 Å². The molecular weight excluding hydrogens is 557 g/mol. The molecule has 3 N–H and O–H groups in total. The number of rotatable bonds is 30. The summed E-state index contributed by atoms with van der Waals surface area (Å²) in [6.07, 6.45) is 27.3. The van der Waals surface area contributed by atoms with Crippen LogP contribution in [0.15, 0.2) is 24.3 Å². The fourth-order valence-corrected chi connectivity index (χ4v) is 4.87. The van der Waals surface area contributed by atoms with Crippen LogP contribution in [0.4, 0.5) is 0 Å². The van der Waals surface area contributed by atoms with Crippen molar-refractivity contribution >= 4 is 19.7 Å². The predicted octanol–water partition coefficient (Wildman–Crippen LogP) is 7.70. The fourth-order valence-electron chi connectivity index (χ4n) is 4.11. The maximum Gasteiger partial charge on any atom is 0.472 e. The van der Waals surface area contributed by atoms with Gasteiger partial charge in [-0.3, -0.25) is 18.6 Å². The van der Waals surface area contributed by atoms with E-state index in [-0.39, 0.29) is 32.1 Å². The van der Waals surface area contributed by atoms with Crippen LogP contribution < -0.4 is 5.32 Å². The van der Waals surface area contributed by atoms with Crippen LogP contribution >= 0.6 is 7.82 Å². The fraction of sp³-hybridized carbons (Fsp3) is 0.812. The molecule has 0 aliphatic rings. The van der Waals surface area contributed by atoms with Gasteiger partial charge < -0.3 is 20.1 Å². The molecule has 0 bridgehead atoms. The van der Waals surface area contributed by atoms with E-state index in [4.69, 9.17) is 13.8 Å². The Kier molecular flexibility index (Phi) is 28.5. The van der Waals surface area contributed by atoms with E-state index in [0.717, 1.165) is 64.2 Å². The highest BCUT2D eigenvalue weighted by Gasteiger charge is 2.23. The molecule has 0 rings (SSSR count). The molecule has 42 heavy (non-hydrogen) atoms. The van der Waals surface area contributed by atoms with Crippen molar-refractivity contribution in [1.29, 1.82) is 0 Å². The number of aliphatic hydroxyl groups is 1. The number of phosphoric ester groups is 1. The first-order chi connectivity index (χ1) is 20.3. The van der Waals surface area contributed by atoms with E-state index in [1.54, 1.807) is 0 Å². The van der Waals surface area contributed by atoms with E-state index < -0.39 is 26.5 Å². The monoisotopic (exact) mass is 617 g/mol. The zero-order valence-electron chi connectivity index (χ0n) is 26.4. The average Bonchev–Trinajstić information content (AvgIpc) is 2.97. The molecule has 10 heteroatoms. The number of hydrogen-bond acceptors (Lipinski definition) is 7. The Morgan fingerprint density at radius 1 is 0.738 bits per heavy atom.